The Morgan fingerprint density at radius 1 is 1.29 bits per heavy atom. The molecule has 2 N–H and O–H groups in total. The average molecular weight is 437 g/mol. The third-order valence-electron chi connectivity index (χ3n) is 5.42. The second-order valence-corrected chi connectivity index (χ2v) is 7.65. The second kappa shape index (κ2) is 8.22. The number of nitrogens with one attached hydrogen (secondary N) is 2. The molecule has 0 aliphatic carbocycles. The van der Waals surface area contributed by atoms with Crippen LogP contribution < -0.4 is 20.3 Å². The molecule has 1 saturated heterocycles. The lowest BCUT2D eigenvalue weighted by Gasteiger charge is -2.32. The van der Waals surface area contributed by atoms with Gasteiger partial charge >= 0.3 is 0 Å². The number of benzene rings is 1. The summed E-state index contributed by atoms with van der Waals surface area (Å²) in [6, 6.07) is 1.13. The van der Waals surface area contributed by atoms with E-state index in [1.807, 2.05) is 0 Å². The maximum Gasteiger partial charge on any atom is 0.246 e. The Bertz CT molecular complexity index is 999. The van der Waals surface area contributed by atoms with Gasteiger partial charge in [-0.25, -0.2) is 18.2 Å². The number of fused-ring (bicyclic) bond motifs is 1. The van der Waals surface area contributed by atoms with Gasteiger partial charge in [0.2, 0.25) is 11.9 Å². The lowest BCUT2D eigenvalue weighted by Crippen LogP contribution is -2.45. The molecular formula is C20H22F3N5O3. The largest absolute Gasteiger partial charge is 0.491 e. The minimum Gasteiger partial charge on any atom is -0.491 e. The monoisotopic (exact) mass is 437 g/mol. The molecule has 1 aromatic carbocycles. The molecular weight excluding hydrogens is 415 g/mol. The molecule has 0 radical (unpaired) electrons. The summed E-state index contributed by atoms with van der Waals surface area (Å²) in [6.45, 7) is 4.00. The summed E-state index contributed by atoms with van der Waals surface area (Å²) in [6.07, 6.45) is 0.226. The molecule has 2 aliphatic heterocycles. The van der Waals surface area contributed by atoms with Crippen molar-refractivity contribution in [3.05, 3.63) is 35.3 Å². The fourth-order valence-corrected chi connectivity index (χ4v) is 3.52. The van der Waals surface area contributed by atoms with Crippen LogP contribution in [0, 0.1) is 24.4 Å². The predicted octanol–water partition coefficient (Wildman–Crippen LogP) is 2.63. The van der Waals surface area contributed by atoms with Gasteiger partial charge in [0, 0.05) is 19.2 Å². The Morgan fingerprint density at radius 2 is 2.00 bits per heavy atom. The molecule has 2 aliphatic rings. The van der Waals surface area contributed by atoms with Crippen molar-refractivity contribution in [2.45, 2.75) is 38.5 Å². The first kappa shape index (κ1) is 21.2. The molecule has 0 saturated carbocycles. The van der Waals surface area contributed by atoms with Crippen molar-refractivity contribution in [1.29, 1.82) is 0 Å². The van der Waals surface area contributed by atoms with E-state index in [9.17, 15) is 18.0 Å². The number of hydrogen-bond acceptors (Lipinski definition) is 7. The van der Waals surface area contributed by atoms with Crippen molar-refractivity contribution < 1.29 is 27.4 Å². The highest BCUT2D eigenvalue weighted by Gasteiger charge is 2.31. The molecule has 0 spiro atoms. The topological polar surface area (TPSA) is 88.6 Å². The molecule has 3 atom stereocenters. The van der Waals surface area contributed by atoms with Gasteiger partial charge in [0.25, 0.3) is 0 Å². The zero-order valence-electron chi connectivity index (χ0n) is 17.2. The van der Waals surface area contributed by atoms with Crippen molar-refractivity contribution >= 4 is 23.4 Å². The Labute approximate surface area is 176 Å². The van der Waals surface area contributed by atoms with E-state index in [4.69, 9.17) is 9.47 Å². The summed E-state index contributed by atoms with van der Waals surface area (Å²) in [7, 11) is 1.80. The van der Waals surface area contributed by atoms with Gasteiger partial charge in [0.1, 0.15) is 24.1 Å². The van der Waals surface area contributed by atoms with Gasteiger partial charge in [-0.3, -0.25) is 4.79 Å². The van der Waals surface area contributed by atoms with E-state index in [1.165, 1.54) is 0 Å². The molecule has 1 unspecified atom stereocenters. The van der Waals surface area contributed by atoms with Crippen LogP contribution in [0.2, 0.25) is 0 Å². The number of aryl methyl sites for hydroxylation is 1. The molecule has 4 rings (SSSR count). The SMILES string of the molecule is Cc1nc(N[C@@H]2CO[C@H](COc3cc(F)c(F)c(F)c3)C2)nc2c1NC(=O)C(C)N2C. The molecule has 3 heterocycles. The number of halogens is 3. The quantitative estimate of drug-likeness (QED) is 0.696. The highest BCUT2D eigenvalue weighted by Crippen LogP contribution is 2.32. The third kappa shape index (κ3) is 4.22. The fourth-order valence-electron chi connectivity index (χ4n) is 3.52. The second-order valence-electron chi connectivity index (χ2n) is 7.65. The van der Waals surface area contributed by atoms with E-state index >= 15 is 0 Å². The number of carbonyl (C=O) groups excluding carboxylic acids is 1. The van der Waals surface area contributed by atoms with Crippen molar-refractivity contribution in [3.8, 4) is 5.75 Å². The molecule has 1 fully saturated rings. The molecule has 11 heteroatoms. The molecule has 0 bridgehead atoms. The number of amides is 1. The molecule has 2 aromatic rings. The van der Waals surface area contributed by atoms with Crippen LogP contribution in [0.4, 0.5) is 30.6 Å². The van der Waals surface area contributed by atoms with Crippen LogP contribution in [0.15, 0.2) is 12.1 Å². The van der Waals surface area contributed by atoms with Gasteiger partial charge in [-0.05, 0) is 20.3 Å². The number of anilines is 3. The zero-order valence-corrected chi connectivity index (χ0v) is 17.2. The summed E-state index contributed by atoms with van der Waals surface area (Å²) in [5.74, 6) is -3.34. The Balaban J connectivity index is 1.37. The van der Waals surface area contributed by atoms with Crippen LogP contribution in [0.1, 0.15) is 19.0 Å². The highest BCUT2D eigenvalue weighted by atomic mass is 19.2. The van der Waals surface area contributed by atoms with Crippen LogP contribution in [-0.4, -0.2) is 54.3 Å². The van der Waals surface area contributed by atoms with Crippen molar-refractivity contribution in [2.75, 3.05) is 35.8 Å². The number of ether oxygens (including phenoxy) is 2. The number of aromatic nitrogens is 2. The Hall–Kier alpha value is -3.08. The van der Waals surface area contributed by atoms with Gasteiger partial charge in [0.15, 0.2) is 23.3 Å². The van der Waals surface area contributed by atoms with Crippen molar-refractivity contribution in [3.63, 3.8) is 0 Å². The molecule has 31 heavy (non-hydrogen) atoms. The van der Waals surface area contributed by atoms with E-state index in [1.54, 1.807) is 25.8 Å². The summed E-state index contributed by atoms with van der Waals surface area (Å²) in [4.78, 5) is 22.8. The lowest BCUT2D eigenvalue weighted by molar-refractivity contribution is -0.117. The van der Waals surface area contributed by atoms with Gasteiger partial charge in [-0.1, -0.05) is 0 Å². The average Bonchev–Trinajstić information content (AvgIpc) is 3.17. The first-order valence-electron chi connectivity index (χ1n) is 9.80. The van der Waals surface area contributed by atoms with E-state index in [2.05, 4.69) is 20.6 Å². The Kier molecular flexibility index (Phi) is 5.61. The van der Waals surface area contributed by atoms with Crippen LogP contribution in [0.5, 0.6) is 5.75 Å². The standard InChI is InChI=1S/C20H22F3N5O3/c1-9-17-18(28(3)10(2)19(29)26-17)27-20(24-9)25-11-4-13(30-7-11)8-31-12-5-14(21)16(23)15(22)6-12/h5-6,10-11,13H,4,7-8H2,1-3H3,(H,26,29)(H,24,25,27)/t10?,11-,13-/m0/s1. The first-order chi connectivity index (χ1) is 14.7. The molecule has 1 amide bonds. The number of rotatable bonds is 5. The first-order valence-corrected chi connectivity index (χ1v) is 9.80. The summed E-state index contributed by atoms with van der Waals surface area (Å²) in [5.41, 5.74) is 1.22. The summed E-state index contributed by atoms with van der Waals surface area (Å²) < 4.78 is 50.6. The third-order valence-corrected chi connectivity index (χ3v) is 5.42. The van der Waals surface area contributed by atoms with Crippen molar-refractivity contribution in [1.82, 2.24) is 9.97 Å². The molecule has 166 valence electrons. The van der Waals surface area contributed by atoms with Gasteiger partial charge < -0.3 is 25.0 Å². The number of likely N-dealkylation sites (N-methyl/N-ethyl adjacent to an activating group) is 1. The lowest BCUT2D eigenvalue weighted by atomic mass is 10.1. The van der Waals surface area contributed by atoms with E-state index in [-0.39, 0.29) is 36.5 Å². The van der Waals surface area contributed by atoms with Gasteiger partial charge in [-0.2, -0.15) is 4.98 Å². The van der Waals surface area contributed by atoms with Crippen LogP contribution in [0.25, 0.3) is 0 Å². The molecule has 8 nitrogen and oxygen atoms in total. The maximum absolute atomic E-state index is 13.3. The van der Waals surface area contributed by atoms with Crippen LogP contribution in [0.3, 0.4) is 0 Å². The Morgan fingerprint density at radius 3 is 2.71 bits per heavy atom. The van der Waals surface area contributed by atoms with E-state index in [0.29, 0.717) is 36.2 Å². The van der Waals surface area contributed by atoms with Crippen molar-refractivity contribution in [2.24, 2.45) is 0 Å². The highest BCUT2D eigenvalue weighted by molar-refractivity contribution is 6.03. The van der Waals surface area contributed by atoms with E-state index in [0.717, 1.165) is 12.1 Å². The number of carbonyl (C=O) groups is 1. The van der Waals surface area contributed by atoms with Crippen LogP contribution in [-0.2, 0) is 9.53 Å². The minimum absolute atomic E-state index is 0.0546. The number of nitrogens with zero attached hydrogens (tertiary/aromatic N) is 3. The minimum atomic E-state index is -1.53. The maximum atomic E-state index is 13.3. The smallest absolute Gasteiger partial charge is 0.246 e. The fraction of sp³-hybridized carbons (Fsp3) is 0.450. The predicted molar refractivity (Wildman–Crippen MR) is 107 cm³/mol. The normalized spacial score (nSPS) is 22.8. The summed E-state index contributed by atoms with van der Waals surface area (Å²) in [5, 5.41) is 6.05. The van der Waals surface area contributed by atoms with Gasteiger partial charge in [-0.15, -0.1) is 0 Å². The molecule has 1 aromatic heterocycles. The van der Waals surface area contributed by atoms with Crippen LogP contribution >= 0.6 is 0 Å². The zero-order chi connectivity index (χ0) is 22.3. The van der Waals surface area contributed by atoms with E-state index < -0.39 is 17.5 Å². The number of hydrogen-bond donors (Lipinski definition) is 2. The van der Waals surface area contributed by atoms with Gasteiger partial charge in [0.05, 0.1) is 24.4 Å². The summed E-state index contributed by atoms with van der Waals surface area (Å²) >= 11 is 0.